The van der Waals surface area contributed by atoms with E-state index in [-0.39, 0.29) is 17.9 Å². The summed E-state index contributed by atoms with van der Waals surface area (Å²) in [6.07, 6.45) is 9.30. The highest BCUT2D eigenvalue weighted by Crippen LogP contribution is 2.41. The van der Waals surface area contributed by atoms with Crippen molar-refractivity contribution in [2.75, 3.05) is 18.0 Å². The molecule has 2 saturated carbocycles. The number of carbonyl (C=O) groups is 2. The van der Waals surface area contributed by atoms with Crippen molar-refractivity contribution in [1.29, 1.82) is 0 Å². The maximum Gasteiger partial charge on any atom is 0.252 e. The van der Waals surface area contributed by atoms with Gasteiger partial charge in [-0.15, -0.1) is 21.5 Å². The summed E-state index contributed by atoms with van der Waals surface area (Å²) in [6, 6.07) is 10.7. The van der Waals surface area contributed by atoms with Gasteiger partial charge in [0.25, 0.3) is 5.91 Å². The molecule has 3 aliphatic carbocycles. The van der Waals surface area contributed by atoms with E-state index >= 15 is 0 Å². The molecule has 7 nitrogen and oxygen atoms in total. The van der Waals surface area contributed by atoms with E-state index < -0.39 is 0 Å². The summed E-state index contributed by atoms with van der Waals surface area (Å²) in [6.45, 7) is 6.85. The van der Waals surface area contributed by atoms with Crippen molar-refractivity contribution in [2.45, 2.75) is 77.8 Å². The molecule has 206 valence electrons. The fraction of sp³-hybridized carbons (Fsp3) is 0.548. The summed E-state index contributed by atoms with van der Waals surface area (Å²) in [5, 5.41) is 12.2. The first-order valence-electron chi connectivity index (χ1n) is 14.6. The van der Waals surface area contributed by atoms with E-state index in [4.69, 9.17) is 0 Å². The largest absolute Gasteiger partial charge is 0.352 e. The van der Waals surface area contributed by atoms with E-state index in [1.165, 1.54) is 23.3 Å². The van der Waals surface area contributed by atoms with Gasteiger partial charge >= 0.3 is 0 Å². The average Bonchev–Trinajstić information content (AvgIpc) is 3.85. The van der Waals surface area contributed by atoms with Gasteiger partial charge in [0.1, 0.15) is 12.1 Å². The van der Waals surface area contributed by atoms with Gasteiger partial charge in [0, 0.05) is 47.8 Å². The van der Waals surface area contributed by atoms with Crippen LogP contribution in [-0.2, 0) is 30.6 Å². The number of benzene rings is 1. The summed E-state index contributed by atoms with van der Waals surface area (Å²) in [4.78, 5) is 30.9. The number of aryl methyl sites for hydroxylation is 1. The first kappa shape index (κ1) is 26.2. The van der Waals surface area contributed by atoms with Gasteiger partial charge in [-0.2, -0.15) is 0 Å². The van der Waals surface area contributed by atoms with Crippen LogP contribution < -0.4 is 10.2 Å². The SMILES string of the molecule is CC(C)CN(Cc1ccccc1)c1nncn1[C@@H]1CCc2sc(CC(=O)C3CC3)c(C(=O)NCC3CC3)c2C1. The second kappa shape index (κ2) is 11.2. The third-order valence-corrected chi connectivity index (χ3v) is 9.47. The molecule has 2 fully saturated rings. The number of hydrogen-bond acceptors (Lipinski definition) is 6. The second-order valence-corrected chi connectivity index (χ2v) is 13.3. The molecule has 1 aromatic carbocycles. The number of anilines is 1. The summed E-state index contributed by atoms with van der Waals surface area (Å²) in [7, 11) is 0. The predicted molar refractivity (Wildman–Crippen MR) is 154 cm³/mol. The van der Waals surface area contributed by atoms with Gasteiger partial charge in [0.2, 0.25) is 5.95 Å². The lowest BCUT2D eigenvalue weighted by atomic mass is 9.89. The Bertz CT molecular complexity index is 1320. The molecule has 2 heterocycles. The maximum atomic E-state index is 13.5. The number of fused-ring (bicyclic) bond motifs is 1. The number of Topliss-reactive ketones (excluding diaryl/α,β-unsaturated/α-hetero) is 1. The van der Waals surface area contributed by atoms with Crippen LogP contribution in [0.3, 0.4) is 0 Å². The zero-order valence-electron chi connectivity index (χ0n) is 23.1. The lowest BCUT2D eigenvalue weighted by Crippen LogP contribution is -2.32. The minimum atomic E-state index is 0.00754. The Kier molecular flexibility index (Phi) is 7.56. The number of amides is 1. The molecule has 6 rings (SSSR count). The summed E-state index contributed by atoms with van der Waals surface area (Å²) in [5.74, 6) is 2.49. The van der Waals surface area contributed by atoms with Crippen LogP contribution in [0.2, 0.25) is 0 Å². The lowest BCUT2D eigenvalue weighted by molar-refractivity contribution is -0.119. The van der Waals surface area contributed by atoms with E-state index in [2.05, 4.69) is 63.1 Å². The number of nitrogens with one attached hydrogen (secondary N) is 1. The number of hydrogen-bond donors (Lipinski definition) is 1. The summed E-state index contributed by atoms with van der Waals surface area (Å²) in [5.41, 5.74) is 3.17. The van der Waals surface area contributed by atoms with Crippen LogP contribution in [0.1, 0.15) is 83.2 Å². The molecule has 0 radical (unpaired) electrons. The quantitative estimate of drug-likeness (QED) is 0.330. The number of aromatic nitrogens is 3. The third-order valence-electron chi connectivity index (χ3n) is 8.18. The van der Waals surface area contributed by atoms with E-state index in [1.54, 1.807) is 11.3 Å². The molecule has 1 atom stereocenters. The van der Waals surface area contributed by atoms with Crippen molar-refractivity contribution in [2.24, 2.45) is 17.8 Å². The Morgan fingerprint density at radius 1 is 1.13 bits per heavy atom. The Hall–Kier alpha value is -3.00. The van der Waals surface area contributed by atoms with Crippen molar-refractivity contribution >= 4 is 29.0 Å². The van der Waals surface area contributed by atoms with Crippen LogP contribution in [0.4, 0.5) is 5.95 Å². The monoisotopic (exact) mass is 545 g/mol. The predicted octanol–water partition coefficient (Wildman–Crippen LogP) is 5.39. The Labute approximate surface area is 235 Å². The molecule has 0 unspecified atom stereocenters. The second-order valence-electron chi connectivity index (χ2n) is 12.1. The minimum absolute atomic E-state index is 0.00754. The molecule has 2 aromatic heterocycles. The minimum Gasteiger partial charge on any atom is -0.352 e. The molecule has 3 aliphatic rings. The number of ketones is 1. The highest BCUT2D eigenvalue weighted by atomic mass is 32.1. The number of nitrogens with zero attached hydrogens (tertiary/aromatic N) is 4. The van der Waals surface area contributed by atoms with E-state index in [9.17, 15) is 9.59 Å². The zero-order chi connectivity index (χ0) is 26.9. The van der Waals surface area contributed by atoms with Crippen molar-refractivity contribution in [3.63, 3.8) is 0 Å². The number of rotatable bonds is 12. The van der Waals surface area contributed by atoms with Gasteiger partial charge in [-0.1, -0.05) is 44.2 Å². The highest BCUT2D eigenvalue weighted by Gasteiger charge is 2.35. The van der Waals surface area contributed by atoms with Crippen LogP contribution in [-0.4, -0.2) is 39.5 Å². The first-order valence-corrected chi connectivity index (χ1v) is 15.4. The molecule has 0 aliphatic heterocycles. The molecule has 39 heavy (non-hydrogen) atoms. The van der Waals surface area contributed by atoms with E-state index in [1.807, 2.05) is 12.4 Å². The summed E-state index contributed by atoms with van der Waals surface area (Å²) >= 11 is 1.70. The van der Waals surface area contributed by atoms with Crippen molar-refractivity contribution in [1.82, 2.24) is 20.1 Å². The molecular formula is C31H39N5O2S. The maximum absolute atomic E-state index is 13.5. The Morgan fingerprint density at radius 2 is 1.92 bits per heavy atom. The van der Waals surface area contributed by atoms with E-state index in [0.29, 0.717) is 24.0 Å². The van der Waals surface area contributed by atoms with Gasteiger partial charge in [-0.25, -0.2) is 0 Å². The normalized spacial score (nSPS) is 18.7. The summed E-state index contributed by atoms with van der Waals surface area (Å²) < 4.78 is 2.23. The van der Waals surface area contributed by atoms with Gasteiger partial charge in [0.15, 0.2) is 0 Å². The first-order chi connectivity index (χ1) is 19.0. The van der Waals surface area contributed by atoms with Gasteiger partial charge < -0.3 is 10.2 Å². The van der Waals surface area contributed by atoms with Gasteiger partial charge in [0.05, 0.1) is 5.56 Å². The van der Waals surface area contributed by atoms with Crippen LogP contribution in [0.15, 0.2) is 36.7 Å². The topological polar surface area (TPSA) is 80.1 Å². The van der Waals surface area contributed by atoms with Crippen LogP contribution in [0.25, 0.3) is 0 Å². The zero-order valence-corrected chi connectivity index (χ0v) is 23.9. The molecular weight excluding hydrogens is 506 g/mol. The lowest BCUT2D eigenvalue weighted by Gasteiger charge is -2.30. The molecule has 0 spiro atoms. The van der Waals surface area contributed by atoms with Crippen molar-refractivity contribution in [3.8, 4) is 0 Å². The van der Waals surface area contributed by atoms with Crippen molar-refractivity contribution in [3.05, 3.63) is 63.1 Å². The fourth-order valence-corrected chi connectivity index (χ4v) is 7.14. The smallest absolute Gasteiger partial charge is 0.252 e. The average molecular weight is 546 g/mol. The highest BCUT2D eigenvalue weighted by molar-refractivity contribution is 7.12. The standard InChI is InChI=1S/C31H39N5O2S/c1-20(2)17-35(18-22-6-4-3-5-7-22)31-34-33-19-36(31)24-12-13-27-25(14-24)29(30(38)32-16-21-8-9-21)28(39-27)15-26(37)23-10-11-23/h3-7,19-21,23-24H,8-18H2,1-2H3,(H,32,38)/t24-/m1/s1. The molecule has 3 aromatic rings. The molecule has 1 amide bonds. The molecule has 1 N–H and O–H groups in total. The molecule has 0 saturated heterocycles. The Morgan fingerprint density at radius 3 is 2.64 bits per heavy atom. The third kappa shape index (κ3) is 6.11. The fourth-order valence-electron chi connectivity index (χ4n) is 5.79. The number of carbonyl (C=O) groups excluding carboxylic acids is 2. The van der Waals surface area contributed by atoms with Crippen LogP contribution >= 0.6 is 11.3 Å². The van der Waals surface area contributed by atoms with Crippen LogP contribution in [0, 0.1) is 17.8 Å². The van der Waals surface area contributed by atoms with Crippen LogP contribution in [0.5, 0.6) is 0 Å². The Balaban J connectivity index is 1.28. The van der Waals surface area contributed by atoms with E-state index in [0.717, 1.165) is 73.7 Å². The van der Waals surface area contributed by atoms with Crippen molar-refractivity contribution < 1.29 is 9.59 Å². The number of thiophene rings is 1. The van der Waals surface area contributed by atoms with Gasteiger partial charge in [-0.05, 0) is 67.9 Å². The van der Waals surface area contributed by atoms with Gasteiger partial charge in [-0.3, -0.25) is 14.2 Å². The molecule has 8 heteroatoms. The molecule has 0 bridgehead atoms.